The number of ether oxygens (including phenoxy) is 1. The second kappa shape index (κ2) is 8.76. The molecule has 3 aromatic rings. The SMILES string of the molecule is O=C(c1cccc(Cl)c1)N(CCN1CCOCC1)c1nc2c(Cl)cccc2s1. The summed E-state index contributed by atoms with van der Waals surface area (Å²) in [6.07, 6.45) is 0. The summed E-state index contributed by atoms with van der Waals surface area (Å²) in [6.45, 7) is 4.45. The Morgan fingerprint density at radius 2 is 1.96 bits per heavy atom. The van der Waals surface area contributed by atoms with Crippen LogP contribution in [0.4, 0.5) is 5.13 Å². The third-order valence-corrected chi connectivity index (χ3v) is 6.23. The van der Waals surface area contributed by atoms with Crippen molar-refractivity contribution in [1.82, 2.24) is 9.88 Å². The van der Waals surface area contributed by atoms with Crippen molar-refractivity contribution in [2.24, 2.45) is 0 Å². The maximum atomic E-state index is 13.3. The van der Waals surface area contributed by atoms with E-state index in [0.29, 0.717) is 27.3 Å². The number of rotatable bonds is 5. The molecule has 1 aromatic heterocycles. The molecule has 2 heterocycles. The van der Waals surface area contributed by atoms with Gasteiger partial charge in [0.25, 0.3) is 5.91 Å². The Bertz CT molecular complexity index is 988. The van der Waals surface area contributed by atoms with Crippen LogP contribution in [0, 0.1) is 0 Å². The van der Waals surface area contributed by atoms with E-state index in [1.54, 1.807) is 29.2 Å². The minimum absolute atomic E-state index is 0.120. The van der Waals surface area contributed by atoms with Crippen molar-refractivity contribution in [3.05, 3.63) is 58.1 Å². The van der Waals surface area contributed by atoms with Crippen LogP contribution >= 0.6 is 34.5 Å². The van der Waals surface area contributed by atoms with Crippen molar-refractivity contribution in [3.8, 4) is 0 Å². The Morgan fingerprint density at radius 3 is 2.71 bits per heavy atom. The van der Waals surface area contributed by atoms with Crippen LogP contribution in [0.1, 0.15) is 10.4 Å². The molecule has 1 aliphatic heterocycles. The van der Waals surface area contributed by atoms with Gasteiger partial charge in [-0.1, -0.05) is 46.7 Å². The zero-order chi connectivity index (χ0) is 19.5. The normalized spacial score (nSPS) is 15.1. The fourth-order valence-electron chi connectivity index (χ4n) is 3.15. The molecule has 0 aliphatic carbocycles. The van der Waals surface area contributed by atoms with Crippen molar-refractivity contribution >= 4 is 55.8 Å². The number of nitrogens with zero attached hydrogens (tertiary/aromatic N) is 3. The molecule has 28 heavy (non-hydrogen) atoms. The first-order valence-electron chi connectivity index (χ1n) is 9.04. The Kier molecular flexibility index (Phi) is 6.13. The first-order valence-corrected chi connectivity index (χ1v) is 10.6. The van der Waals surface area contributed by atoms with Crippen LogP contribution in [0.25, 0.3) is 10.2 Å². The topological polar surface area (TPSA) is 45.7 Å². The number of hydrogen-bond acceptors (Lipinski definition) is 5. The molecule has 0 radical (unpaired) electrons. The van der Waals surface area contributed by atoms with Gasteiger partial charge in [-0.2, -0.15) is 0 Å². The molecule has 0 atom stereocenters. The summed E-state index contributed by atoms with van der Waals surface area (Å²) >= 11 is 13.9. The number of morpholine rings is 1. The number of hydrogen-bond donors (Lipinski definition) is 0. The van der Waals surface area contributed by atoms with Crippen molar-refractivity contribution in [1.29, 1.82) is 0 Å². The molecule has 4 rings (SSSR count). The molecule has 5 nitrogen and oxygen atoms in total. The summed E-state index contributed by atoms with van der Waals surface area (Å²) in [4.78, 5) is 22.0. The van der Waals surface area contributed by atoms with E-state index in [2.05, 4.69) is 9.88 Å². The van der Waals surface area contributed by atoms with Crippen LogP contribution < -0.4 is 4.90 Å². The van der Waals surface area contributed by atoms with E-state index in [9.17, 15) is 4.79 Å². The summed E-state index contributed by atoms with van der Waals surface area (Å²) in [5.41, 5.74) is 1.26. The van der Waals surface area contributed by atoms with Gasteiger partial charge in [-0.3, -0.25) is 14.6 Å². The molecule has 1 saturated heterocycles. The molecule has 1 fully saturated rings. The number of para-hydroxylation sites is 1. The van der Waals surface area contributed by atoms with Gasteiger partial charge in [-0.25, -0.2) is 4.98 Å². The predicted octanol–water partition coefficient (Wildman–Crippen LogP) is 4.58. The van der Waals surface area contributed by atoms with Gasteiger partial charge in [-0.15, -0.1) is 0 Å². The lowest BCUT2D eigenvalue weighted by Crippen LogP contribution is -2.43. The van der Waals surface area contributed by atoms with Gasteiger partial charge in [-0.05, 0) is 30.3 Å². The van der Waals surface area contributed by atoms with E-state index >= 15 is 0 Å². The molecule has 0 unspecified atom stereocenters. The first kappa shape index (κ1) is 19.6. The van der Waals surface area contributed by atoms with Crippen molar-refractivity contribution in [2.75, 3.05) is 44.3 Å². The smallest absolute Gasteiger partial charge is 0.260 e. The van der Waals surface area contributed by atoms with Gasteiger partial charge in [0.05, 0.1) is 22.9 Å². The number of fused-ring (bicyclic) bond motifs is 1. The Balaban J connectivity index is 1.65. The minimum atomic E-state index is -0.120. The number of carbonyl (C=O) groups is 1. The molecule has 0 saturated carbocycles. The van der Waals surface area contributed by atoms with Gasteiger partial charge in [0, 0.05) is 36.8 Å². The number of carbonyl (C=O) groups excluding carboxylic acids is 1. The third kappa shape index (κ3) is 4.31. The zero-order valence-corrected chi connectivity index (χ0v) is 17.4. The molecule has 0 N–H and O–H groups in total. The monoisotopic (exact) mass is 435 g/mol. The van der Waals surface area contributed by atoms with Crippen LogP contribution in [-0.2, 0) is 4.74 Å². The lowest BCUT2D eigenvalue weighted by molar-refractivity contribution is 0.0391. The summed E-state index contributed by atoms with van der Waals surface area (Å²) in [5.74, 6) is -0.120. The van der Waals surface area contributed by atoms with Crippen LogP contribution in [0.15, 0.2) is 42.5 Å². The third-order valence-electron chi connectivity index (χ3n) is 4.65. The highest BCUT2D eigenvalue weighted by Crippen LogP contribution is 2.33. The minimum Gasteiger partial charge on any atom is -0.379 e. The van der Waals surface area contributed by atoms with E-state index in [4.69, 9.17) is 27.9 Å². The van der Waals surface area contributed by atoms with Gasteiger partial charge in [0.15, 0.2) is 5.13 Å². The average Bonchev–Trinajstić information content (AvgIpc) is 3.14. The quantitative estimate of drug-likeness (QED) is 0.588. The standard InChI is InChI=1S/C20H19Cl2N3O2S/c21-15-4-1-3-14(13-15)19(26)25(8-7-24-9-11-27-12-10-24)20-23-18-16(22)5-2-6-17(18)28-20/h1-6,13H,7-12H2. The largest absolute Gasteiger partial charge is 0.379 e. The fourth-order valence-corrected chi connectivity index (χ4v) is 4.63. The van der Waals surface area contributed by atoms with Crippen molar-refractivity contribution in [3.63, 3.8) is 0 Å². The van der Waals surface area contributed by atoms with Crippen LogP contribution in [-0.4, -0.2) is 55.2 Å². The summed E-state index contributed by atoms with van der Waals surface area (Å²) in [5, 5.41) is 1.76. The van der Waals surface area contributed by atoms with Gasteiger partial charge >= 0.3 is 0 Å². The number of aromatic nitrogens is 1. The number of halogens is 2. The second-order valence-corrected chi connectivity index (χ2v) is 8.36. The molecule has 146 valence electrons. The molecule has 2 aromatic carbocycles. The summed E-state index contributed by atoms with van der Waals surface area (Å²) < 4.78 is 6.37. The molecule has 1 aliphatic rings. The average molecular weight is 436 g/mol. The maximum absolute atomic E-state index is 13.3. The van der Waals surface area contributed by atoms with Crippen LogP contribution in [0.2, 0.25) is 10.0 Å². The Morgan fingerprint density at radius 1 is 1.18 bits per heavy atom. The first-order chi connectivity index (χ1) is 13.6. The zero-order valence-electron chi connectivity index (χ0n) is 15.1. The maximum Gasteiger partial charge on any atom is 0.260 e. The number of anilines is 1. The highest BCUT2D eigenvalue weighted by molar-refractivity contribution is 7.22. The Labute approximate surface area is 177 Å². The van der Waals surface area contributed by atoms with Crippen LogP contribution in [0.3, 0.4) is 0 Å². The fraction of sp³-hybridized carbons (Fsp3) is 0.300. The highest BCUT2D eigenvalue weighted by Gasteiger charge is 2.23. The number of amides is 1. The number of thiazole rings is 1. The van der Waals surface area contributed by atoms with E-state index in [0.717, 1.165) is 43.1 Å². The number of benzene rings is 2. The van der Waals surface area contributed by atoms with E-state index in [-0.39, 0.29) is 5.91 Å². The lowest BCUT2D eigenvalue weighted by Gasteiger charge is -2.29. The summed E-state index contributed by atoms with van der Waals surface area (Å²) in [7, 11) is 0. The molecular weight excluding hydrogens is 417 g/mol. The second-order valence-electron chi connectivity index (χ2n) is 6.50. The molecular formula is C20H19Cl2N3O2S. The van der Waals surface area contributed by atoms with E-state index in [1.165, 1.54) is 11.3 Å². The Hall–Kier alpha value is -1.70. The van der Waals surface area contributed by atoms with Crippen molar-refractivity contribution < 1.29 is 9.53 Å². The molecule has 1 amide bonds. The van der Waals surface area contributed by atoms with E-state index in [1.807, 2.05) is 18.2 Å². The van der Waals surface area contributed by atoms with Gasteiger partial charge in [0.2, 0.25) is 0 Å². The molecule has 0 spiro atoms. The van der Waals surface area contributed by atoms with Crippen LogP contribution in [0.5, 0.6) is 0 Å². The van der Waals surface area contributed by atoms with Gasteiger partial charge < -0.3 is 4.74 Å². The van der Waals surface area contributed by atoms with Gasteiger partial charge in [0.1, 0.15) is 5.52 Å². The predicted molar refractivity (Wildman–Crippen MR) is 115 cm³/mol. The lowest BCUT2D eigenvalue weighted by atomic mass is 10.2. The summed E-state index contributed by atoms with van der Waals surface area (Å²) in [6, 6.07) is 12.7. The molecule has 0 bridgehead atoms. The van der Waals surface area contributed by atoms with Crippen molar-refractivity contribution in [2.45, 2.75) is 0 Å². The molecule has 8 heteroatoms. The van der Waals surface area contributed by atoms with E-state index < -0.39 is 0 Å². The highest BCUT2D eigenvalue weighted by atomic mass is 35.5.